The van der Waals surface area contributed by atoms with Gasteiger partial charge in [0, 0.05) is 25.8 Å². The molecule has 4 heteroatoms. The first kappa shape index (κ1) is 24.9. The molecule has 4 nitrogen and oxygen atoms in total. The zero-order chi connectivity index (χ0) is 20.6. The smallest absolute Gasteiger partial charge is 0.219 e. The van der Waals surface area contributed by atoms with E-state index in [1.165, 1.54) is 25.7 Å². The topological polar surface area (TPSA) is 66.4 Å². The molecule has 28 heavy (non-hydrogen) atoms. The number of rotatable bonds is 16. The molecule has 1 saturated carbocycles. The number of Topliss-reactive ketones (excluding diaryl/α,β-unsaturated/α-hetero) is 1. The third-order valence-corrected chi connectivity index (χ3v) is 6.00. The highest BCUT2D eigenvalue weighted by atomic mass is 16.3. The maximum atomic E-state index is 12.2. The number of aliphatic hydroxyl groups is 1. The summed E-state index contributed by atoms with van der Waals surface area (Å²) in [6.07, 6.45) is 17.5. The summed E-state index contributed by atoms with van der Waals surface area (Å²) in [5.41, 5.74) is 0. The van der Waals surface area contributed by atoms with Gasteiger partial charge in [-0.05, 0) is 63.7 Å². The molecule has 0 spiro atoms. The molecule has 1 unspecified atom stereocenters. The number of allylic oxidation sites excluding steroid dienone is 2. The lowest BCUT2D eigenvalue weighted by molar-refractivity contribution is -0.121. The molecule has 162 valence electrons. The van der Waals surface area contributed by atoms with Gasteiger partial charge in [0.25, 0.3) is 0 Å². The third-order valence-electron chi connectivity index (χ3n) is 6.00. The maximum Gasteiger partial charge on any atom is 0.219 e. The van der Waals surface area contributed by atoms with Gasteiger partial charge in [0.15, 0.2) is 0 Å². The Morgan fingerprint density at radius 2 is 1.75 bits per heavy atom. The van der Waals surface area contributed by atoms with Crippen molar-refractivity contribution in [3.63, 3.8) is 0 Å². The monoisotopic (exact) mass is 393 g/mol. The minimum Gasteiger partial charge on any atom is -0.393 e. The quantitative estimate of drug-likeness (QED) is 0.275. The van der Waals surface area contributed by atoms with Crippen LogP contribution in [0, 0.1) is 11.8 Å². The molecule has 1 amide bonds. The van der Waals surface area contributed by atoms with Gasteiger partial charge < -0.3 is 10.4 Å². The lowest BCUT2D eigenvalue weighted by atomic mass is 9.86. The molecule has 1 aliphatic carbocycles. The molecule has 0 aliphatic heterocycles. The third kappa shape index (κ3) is 11.0. The molecule has 1 rings (SSSR count). The number of aliphatic hydroxyl groups excluding tert-OH is 1. The van der Waals surface area contributed by atoms with Crippen LogP contribution in [-0.2, 0) is 9.59 Å². The molecule has 3 atom stereocenters. The van der Waals surface area contributed by atoms with E-state index in [4.69, 9.17) is 0 Å². The predicted octanol–water partition coefficient (Wildman–Crippen LogP) is 5.34. The molecule has 0 heterocycles. The van der Waals surface area contributed by atoms with Crippen molar-refractivity contribution in [2.45, 2.75) is 110 Å². The van der Waals surface area contributed by atoms with Crippen molar-refractivity contribution in [3.05, 3.63) is 12.2 Å². The number of hydrogen-bond donors (Lipinski definition) is 2. The Labute approximate surface area is 172 Å². The summed E-state index contributed by atoms with van der Waals surface area (Å²) in [5.74, 6) is 1.26. The van der Waals surface area contributed by atoms with Crippen molar-refractivity contribution in [1.29, 1.82) is 0 Å². The van der Waals surface area contributed by atoms with E-state index >= 15 is 0 Å². The molecule has 1 fully saturated rings. The van der Waals surface area contributed by atoms with Crippen molar-refractivity contribution in [1.82, 2.24) is 5.32 Å². The number of carbonyl (C=O) groups excluding carboxylic acids is 2. The highest BCUT2D eigenvalue weighted by molar-refractivity contribution is 5.78. The van der Waals surface area contributed by atoms with Gasteiger partial charge in [0.1, 0.15) is 5.78 Å². The summed E-state index contributed by atoms with van der Waals surface area (Å²) >= 11 is 0. The fourth-order valence-corrected chi connectivity index (χ4v) is 4.28. The predicted molar refractivity (Wildman–Crippen MR) is 116 cm³/mol. The van der Waals surface area contributed by atoms with Crippen LogP contribution in [0.3, 0.4) is 0 Å². The van der Waals surface area contributed by atoms with Crippen LogP contribution in [0.5, 0.6) is 0 Å². The molecular weight excluding hydrogens is 350 g/mol. The molecule has 1 aliphatic rings. The Bertz CT molecular complexity index is 461. The first-order chi connectivity index (χ1) is 13.6. The standard InChI is InChI=1S/C24H43NO3/c1-3-5-6-7-11-14-21(26)17-18-22-20(16-19-23(22)27)13-10-8-9-12-15-24(28)25-4-2/h8,10,20,22-23,27H,3-7,9,11-19H2,1-2H3,(H,25,28)/b10-8-/t20?,22-,23-/m1/s1. The van der Waals surface area contributed by atoms with Crippen molar-refractivity contribution in [2.75, 3.05) is 6.54 Å². The number of ketones is 1. The van der Waals surface area contributed by atoms with E-state index in [9.17, 15) is 14.7 Å². The molecule has 2 N–H and O–H groups in total. The molecule has 0 aromatic heterocycles. The fraction of sp³-hybridized carbons (Fsp3) is 0.833. The Morgan fingerprint density at radius 1 is 0.964 bits per heavy atom. The summed E-state index contributed by atoms with van der Waals surface area (Å²) in [7, 11) is 0. The maximum absolute atomic E-state index is 12.2. The molecular formula is C24H43NO3. The lowest BCUT2D eigenvalue weighted by Gasteiger charge is -2.20. The van der Waals surface area contributed by atoms with Gasteiger partial charge in [-0.2, -0.15) is 0 Å². The Morgan fingerprint density at radius 3 is 2.50 bits per heavy atom. The van der Waals surface area contributed by atoms with Crippen LogP contribution in [0.1, 0.15) is 104 Å². The summed E-state index contributed by atoms with van der Waals surface area (Å²) in [5, 5.41) is 13.1. The van der Waals surface area contributed by atoms with Gasteiger partial charge in [-0.1, -0.05) is 44.8 Å². The number of hydrogen-bond acceptors (Lipinski definition) is 3. The van der Waals surface area contributed by atoms with Crippen molar-refractivity contribution in [2.24, 2.45) is 11.8 Å². The summed E-state index contributed by atoms with van der Waals surface area (Å²) in [6, 6.07) is 0. The van der Waals surface area contributed by atoms with Crippen molar-refractivity contribution >= 4 is 11.7 Å². The number of unbranched alkanes of at least 4 members (excludes halogenated alkanes) is 5. The summed E-state index contributed by atoms with van der Waals surface area (Å²) in [6.45, 7) is 4.84. The first-order valence-corrected chi connectivity index (χ1v) is 11.7. The fourth-order valence-electron chi connectivity index (χ4n) is 4.28. The Kier molecular flexibility index (Phi) is 14.0. The van der Waals surface area contributed by atoms with Crippen LogP contribution in [0.25, 0.3) is 0 Å². The Balaban J connectivity index is 2.21. The van der Waals surface area contributed by atoms with Gasteiger partial charge in [-0.15, -0.1) is 0 Å². The number of amides is 1. The summed E-state index contributed by atoms with van der Waals surface area (Å²) < 4.78 is 0. The van der Waals surface area contributed by atoms with Gasteiger partial charge in [-0.3, -0.25) is 9.59 Å². The number of carbonyl (C=O) groups is 2. The van der Waals surface area contributed by atoms with E-state index in [2.05, 4.69) is 24.4 Å². The highest BCUT2D eigenvalue weighted by Gasteiger charge is 2.33. The van der Waals surface area contributed by atoms with Gasteiger partial charge in [0.05, 0.1) is 6.10 Å². The molecule has 0 radical (unpaired) electrons. The normalized spacial score (nSPS) is 22.0. The van der Waals surface area contributed by atoms with E-state index in [0.717, 1.165) is 44.9 Å². The van der Waals surface area contributed by atoms with Gasteiger partial charge >= 0.3 is 0 Å². The van der Waals surface area contributed by atoms with E-state index in [1.807, 2.05) is 6.92 Å². The van der Waals surface area contributed by atoms with E-state index in [-0.39, 0.29) is 17.9 Å². The first-order valence-electron chi connectivity index (χ1n) is 11.7. The van der Waals surface area contributed by atoms with E-state index in [0.29, 0.717) is 37.5 Å². The van der Waals surface area contributed by atoms with E-state index < -0.39 is 0 Å². The Hall–Kier alpha value is -1.16. The second-order valence-electron chi connectivity index (χ2n) is 8.36. The van der Waals surface area contributed by atoms with Crippen LogP contribution < -0.4 is 5.32 Å². The van der Waals surface area contributed by atoms with Crippen molar-refractivity contribution < 1.29 is 14.7 Å². The molecule has 0 aromatic rings. The van der Waals surface area contributed by atoms with Gasteiger partial charge in [0.2, 0.25) is 5.91 Å². The largest absolute Gasteiger partial charge is 0.393 e. The molecule has 0 aromatic carbocycles. The second kappa shape index (κ2) is 15.7. The average Bonchev–Trinajstić information content (AvgIpc) is 3.02. The van der Waals surface area contributed by atoms with Crippen LogP contribution in [0.15, 0.2) is 12.2 Å². The van der Waals surface area contributed by atoms with E-state index in [1.54, 1.807) is 0 Å². The zero-order valence-electron chi connectivity index (χ0n) is 18.3. The van der Waals surface area contributed by atoms with Crippen LogP contribution in [0.2, 0.25) is 0 Å². The molecule has 0 bridgehead atoms. The van der Waals surface area contributed by atoms with Crippen molar-refractivity contribution in [3.8, 4) is 0 Å². The van der Waals surface area contributed by atoms with Crippen LogP contribution in [-0.4, -0.2) is 29.4 Å². The lowest BCUT2D eigenvalue weighted by Crippen LogP contribution is -2.21. The van der Waals surface area contributed by atoms with Gasteiger partial charge in [-0.25, -0.2) is 0 Å². The second-order valence-corrected chi connectivity index (χ2v) is 8.36. The SMILES string of the molecule is CCCCCCCC(=O)CC[C@@H]1C(C/C=C\CCCC(=O)NCC)CC[C@H]1O. The minimum absolute atomic E-state index is 0.130. The average molecular weight is 394 g/mol. The summed E-state index contributed by atoms with van der Waals surface area (Å²) in [4.78, 5) is 23.6. The number of nitrogens with one attached hydrogen (secondary N) is 1. The van der Waals surface area contributed by atoms with Crippen LogP contribution >= 0.6 is 0 Å². The highest BCUT2D eigenvalue weighted by Crippen LogP contribution is 2.37. The zero-order valence-corrected chi connectivity index (χ0v) is 18.3. The minimum atomic E-state index is -0.242. The molecule has 0 saturated heterocycles. The van der Waals surface area contributed by atoms with Crippen LogP contribution in [0.4, 0.5) is 0 Å².